The Morgan fingerprint density at radius 2 is 1.78 bits per heavy atom. The van der Waals surface area contributed by atoms with E-state index >= 15 is 0 Å². The van der Waals surface area contributed by atoms with Crippen LogP contribution < -0.4 is 25.8 Å². The summed E-state index contributed by atoms with van der Waals surface area (Å²) in [5.41, 5.74) is 7.14. The minimum atomic E-state index is -0.368. The summed E-state index contributed by atoms with van der Waals surface area (Å²) in [6, 6.07) is 10.9. The first-order chi connectivity index (χ1) is 12.5. The molecular weight excluding hydrogens is 466 g/mol. The molecule has 2 aromatic carbocycles. The normalized spacial score (nSPS) is 10.6. The van der Waals surface area contributed by atoms with Crippen LogP contribution in [0.3, 0.4) is 0 Å². The molecule has 0 radical (unpaired) electrons. The lowest BCUT2D eigenvalue weighted by Crippen LogP contribution is -2.37. The summed E-state index contributed by atoms with van der Waals surface area (Å²) in [4.78, 5) is 16.0. The number of nitrogens with two attached hydrogens (primary N) is 1. The Morgan fingerprint density at radius 1 is 1.11 bits per heavy atom. The lowest BCUT2D eigenvalue weighted by molar-refractivity contribution is -0.115. The Hall–Kier alpha value is -2.56. The molecule has 9 heteroatoms. The summed E-state index contributed by atoms with van der Waals surface area (Å²) in [7, 11) is 3.12. The average molecular weight is 488 g/mol. The van der Waals surface area contributed by atoms with Gasteiger partial charge in [0.15, 0.2) is 17.5 Å². The second kappa shape index (κ2) is 11.2. The number of halogens is 2. The number of methoxy groups -OCH3 is 2. The third-order valence-electron chi connectivity index (χ3n) is 3.44. The number of hydrogen-bond acceptors (Lipinski definition) is 4. The van der Waals surface area contributed by atoms with Crippen molar-refractivity contribution in [3.05, 3.63) is 53.8 Å². The predicted molar refractivity (Wildman–Crippen MR) is 113 cm³/mol. The molecule has 0 aliphatic heterocycles. The zero-order chi connectivity index (χ0) is 18.9. The molecule has 2 rings (SSSR count). The first-order valence-electron chi connectivity index (χ1n) is 7.82. The van der Waals surface area contributed by atoms with E-state index in [2.05, 4.69) is 15.6 Å². The highest BCUT2D eigenvalue weighted by Crippen LogP contribution is 2.27. The van der Waals surface area contributed by atoms with Crippen molar-refractivity contribution in [3.8, 4) is 11.5 Å². The zero-order valence-electron chi connectivity index (χ0n) is 15.0. The molecule has 0 atom stereocenters. The maximum absolute atomic E-state index is 12.8. The van der Waals surface area contributed by atoms with Crippen molar-refractivity contribution in [2.45, 2.75) is 6.54 Å². The van der Waals surface area contributed by atoms with Crippen LogP contribution in [0.4, 0.5) is 10.1 Å². The van der Waals surface area contributed by atoms with Gasteiger partial charge in [0.1, 0.15) is 5.82 Å². The van der Waals surface area contributed by atoms with Crippen molar-refractivity contribution in [2.24, 2.45) is 10.7 Å². The number of guanidine groups is 1. The lowest BCUT2D eigenvalue weighted by atomic mass is 10.2. The SMILES string of the molecule is COc1ccc(CN=C(N)NCC(=O)Nc2ccc(F)cc2)cc1OC.I. The molecule has 0 heterocycles. The molecule has 1 amide bonds. The molecule has 0 saturated carbocycles. The van der Waals surface area contributed by atoms with Crippen LogP contribution >= 0.6 is 24.0 Å². The van der Waals surface area contributed by atoms with Gasteiger partial charge in [-0.3, -0.25) is 4.79 Å². The van der Waals surface area contributed by atoms with Gasteiger partial charge in [-0.15, -0.1) is 24.0 Å². The quantitative estimate of drug-likeness (QED) is 0.316. The molecule has 4 N–H and O–H groups in total. The van der Waals surface area contributed by atoms with Crippen LogP contribution in [-0.4, -0.2) is 32.6 Å². The Morgan fingerprint density at radius 3 is 2.41 bits per heavy atom. The Balaban J connectivity index is 0.00000364. The van der Waals surface area contributed by atoms with Gasteiger partial charge in [-0.1, -0.05) is 6.07 Å². The summed E-state index contributed by atoms with van der Waals surface area (Å²) < 4.78 is 23.2. The van der Waals surface area contributed by atoms with E-state index in [9.17, 15) is 9.18 Å². The number of nitrogens with zero attached hydrogens (tertiary/aromatic N) is 1. The van der Waals surface area contributed by atoms with E-state index in [1.807, 2.05) is 6.07 Å². The molecule has 0 spiro atoms. The van der Waals surface area contributed by atoms with Crippen LogP contribution in [0.1, 0.15) is 5.56 Å². The fourth-order valence-corrected chi connectivity index (χ4v) is 2.12. The molecule has 2 aromatic rings. The zero-order valence-corrected chi connectivity index (χ0v) is 17.3. The topological polar surface area (TPSA) is 98.0 Å². The van der Waals surface area contributed by atoms with Crippen LogP contribution in [0.5, 0.6) is 11.5 Å². The van der Waals surface area contributed by atoms with Crippen molar-refractivity contribution in [1.29, 1.82) is 0 Å². The van der Waals surface area contributed by atoms with E-state index in [1.165, 1.54) is 24.3 Å². The van der Waals surface area contributed by atoms with E-state index < -0.39 is 0 Å². The molecule has 7 nitrogen and oxygen atoms in total. The van der Waals surface area contributed by atoms with E-state index in [-0.39, 0.29) is 48.2 Å². The lowest BCUT2D eigenvalue weighted by Gasteiger charge is -2.09. The molecule has 0 fully saturated rings. The number of hydrogen-bond donors (Lipinski definition) is 3. The van der Waals surface area contributed by atoms with E-state index in [1.54, 1.807) is 26.4 Å². The molecule has 0 aromatic heterocycles. The first-order valence-corrected chi connectivity index (χ1v) is 7.82. The van der Waals surface area contributed by atoms with Crippen molar-refractivity contribution in [2.75, 3.05) is 26.1 Å². The molecule has 0 saturated heterocycles. The van der Waals surface area contributed by atoms with Gasteiger partial charge < -0.3 is 25.8 Å². The Labute approximate surface area is 174 Å². The van der Waals surface area contributed by atoms with Crippen molar-refractivity contribution < 1.29 is 18.7 Å². The summed E-state index contributed by atoms with van der Waals surface area (Å²) in [5, 5.41) is 5.34. The van der Waals surface area contributed by atoms with Crippen LogP contribution in [-0.2, 0) is 11.3 Å². The fraction of sp³-hybridized carbons (Fsp3) is 0.222. The van der Waals surface area contributed by atoms with Gasteiger partial charge in [-0.05, 0) is 42.0 Å². The first kappa shape index (κ1) is 22.5. The van der Waals surface area contributed by atoms with Gasteiger partial charge in [0.05, 0.1) is 27.3 Å². The average Bonchev–Trinajstić information content (AvgIpc) is 2.66. The minimum absolute atomic E-state index is 0. The number of rotatable bonds is 7. The highest BCUT2D eigenvalue weighted by atomic mass is 127. The van der Waals surface area contributed by atoms with Gasteiger partial charge in [-0.2, -0.15) is 0 Å². The summed E-state index contributed by atoms with van der Waals surface area (Å²) in [5.74, 6) is 0.678. The van der Waals surface area contributed by atoms with Gasteiger partial charge in [-0.25, -0.2) is 9.38 Å². The number of carbonyl (C=O) groups is 1. The number of ether oxygens (including phenoxy) is 2. The summed E-state index contributed by atoms with van der Waals surface area (Å²) in [6.07, 6.45) is 0. The minimum Gasteiger partial charge on any atom is -0.493 e. The van der Waals surface area contributed by atoms with E-state index in [4.69, 9.17) is 15.2 Å². The Bertz CT molecular complexity index is 785. The van der Waals surface area contributed by atoms with Crippen LogP contribution in [0.2, 0.25) is 0 Å². The van der Waals surface area contributed by atoms with Gasteiger partial charge in [0.2, 0.25) is 5.91 Å². The molecule has 0 aliphatic rings. The third kappa shape index (κ3) is 7.29. The fourth-order valence-electron chi connectivity index (χ4n) is 2.12. The molecule has 0 aliphatic carbocycles. The van der Waals surface area contributed by atoms with Crippen LogP contribution in [0.25, 0.3) is 0 Å². The predicted octanol–water partition coefficient (Wildman–Crippen LogP) is 2.50. The number of aliphatic imine (C=N–C) groups is 1. The molecule has 0 bridgehead atoms. The number of anilines is 1. The van der Waals surface area contributed by atoms with Crippen LogP contribution in [0.15, 0.2) is 47.5 Å². The monoisotopic (exact) mass is 488 g/mol. The largest absolute Gasteiger partial charge is 0.493 e. The molecular formula is C18H22FIN4O3. The van der Waals surface area contributed by atoms with Gasteiger partial charge in [0.25, 0.3) is 0 Å². The van der Waals surface area contributed by atoms with Crippen molar-refractivity contribution in [3.63, 3.8) is 0 Å². The number of carbonyl (C=O) groups excluding carboxylic acids is 1. The summed E-state index contributed by atoms with van der Waals surface area (Å²) >= 11 is 0. The molecule has 146 valence electrons. The highest BCUT2D eigenvalue weighted by Gasteiger charge is 2.05. The van der Waals surface area contributed by atoms with E-state index in [0.29, 0.717) is 23.7 Å². The highest BCUT2D eigenvalue weighted by molar-refractivity contribution is 14.0. The van der Waals surface area contributed by atoms with Gasteiger partial charge in [0, 0.05) is 5.69 Å². The van der Waals surface area contributed by atoms with Crippen LogP contribution in [0, 0.1) is 5.82 Å². The number of amides is 1. The second-order valence-electron chi connectivity index (χ2n) is 5.30. The van der Waals surface area contributed by atoms with Crippen molar-refractivity contribution >= 4 is 41.5 Å². The smallest absolute Gasteiger partial charge is 0.243 e. The third-order valence-corrected chi connectivity index (χ3v) is 3.44. The second-order valence-corrected chi connectivity index (χ2v) is 5.30. The standard InChI is InChI=1S/C18H21FN4O3.HI/c1-25-15-8-3-12(9-16(15)26-2)10-21-18(20)22-11-17(24)23-14-6-4-13(19)5-7-14;/h3-9H,10-11H2,1-2H3,(H,23,24)(H3,20,21,22);1H. The maximum Gasteiger partial charge on any atom is 0.243 e. The van der Waals surface area contributed by atoms with Gasteiger partial charge >= 0.3 is 0 Å². The molecule has 27 heavy (non-hydrogen) atoms. The van der Waals surface area contributed by atoms with E-state index in [0.717, 1.165) is 5.56 Å². The van der Waals surface area contributed by atoms with Crippen molar-refractivity contribution in [1.82, 2.24) is 5.32 Å². The molecule has 0 unspecified atom stereocenters. The number of nitrogens with one attached hydrogen (secondary N) is 2. The summed E-state index contributed by atoms with van der Waals surface area (Å²) in [6.45, 7) is 0.261. The maximum atomic E-state index is 12.8. The number of benzene rings is 2. The Kier molecular flexibility index (Phi) is 9.34.